The van der Waals surface area contributed by atoms with E-state index >= 15 is 0 Å². The van der Waals surface area contributed by atoms with Gasteiger partial charge in [-0.3, -0.25) is 9.59 Å². The lowest BCUT2D eigenvalue weighted by Gasteiger charge is -2.11. The Kier molecular flexibility index (Phi) is 7.24. The molecule has 30 heavy (non-hydrogen) atoms. The van der Waals surface area contributed by atoms with Crippen LogP contribution in [0.1, 0.15) is 11.1 Å². The van der Waals surface area contributed by atoms with Crippen LogP contribution in [-0.2, 0) is 9.59 Å². The number of nitrogens with one attached hydrogen (secondary N) is 2. The van der Waals surface area contributed by atoms with E-state index in [1.165, 1.54) is 0 Å². The first-order valence-electron chi connectivity index (χ1n) is 9.30. The Hall–Kier alpha value is -3.57. The molecule has 0 spiro atoms. The zero-order valence-corrected chi connectivity index (χ0v) is 17.1. The van der Waals surface area contributed by atoms with E-state index in [4.69, 9.17) is 16.3 Å². The zero-order chi connectivity index (χ0) is 21.3. The number of benzene rings is 3. The number of hydrogen-bond acceptors (Lipinski definition) is 3. The number of carbonyl (C=O) groups is 2. The summed E-state index contributed by atoms with van der Waals surface area (Å²) in [6.45, 7) is -0.169. The summed E-state index contributed by atoms with van der Waals surface area (Å²) in [5, 5.41) is 5.98. The van der Waals surface area contributed by atoms with E-state index in [1.807, 2.05) is 54.6 Å². The second kappa shape index (κ2) is 10.3. The predicted molar refractivity (Wildman–Crippen MR) is 120 cm³/mol. The topological polar surface area (TPSA) is 67.4 Å². The molecule has 152 valence electrons. The highest BCUT2D eigenvalue weighted by Gasteiger charge is 2.14. The van der Waals surface area contributed by atoms with Crippen LogP contribution in [0.5, 0.6) is 5.75 Å². The maximum Gasteiger partial charge on any atom is 0.252 e. The van der Waals surface area contributed by atoms with Gasteiger partial charge in [0.2, 0.25) is 5.91 Å². The smallest absolute Gasteiger partial charge is 0.252 e. The van der Waals surface area contributed by atoms with Gasteiger partial charge in [0.25, 0.3) is 5.91 Å². The highest BCUT2D eigenvalue weighted by atomic mass is 35.5. The molecule has 2 N–H and O–H groups in total. The van der Waals surface area contributed by atoms with Gasteiger partial charge in [0.05, 0.1) is 13.7 Å². The highest BCUT2D eigenvalue weighted by molar-refractivity contribution is 6.30. The van der Waals surface area contributed by atoms with E-state index < -0.39 is 0 Å². The second-order valence-corrected chi connectivity index (χ2v) is 6.84. The molecule has 0 unspecified atom stereocenters. The fraction of sp³-hybridized carbons (Fsp3) is 0.0833. The van der Waals surface area contributed by atoms with Gasteiger partial charge in [-0.05, 0) is 42.0 Å². The van der Waals surface area contributed by atoms with Gasteiger partial charge >= 0.3 is 0 Å². The Labute approximate surface area is 180 Å². The second-order valence-electron chi connectivity index (χ2n) is 6.40. The number of hydrogen-bond donors (Lipinski definition) is 2. The summed E-state index contributed by atoms with van der Waals surface area (Å²) in [7, 11) is 1.58. The Balaban J connectivity index is 1.76. The summed E-state index contributed by atoms with van der Waals surface area (Å²) in [5.74, 6) is -0.0482. The lowest BCUT2D eigenvalue weighted by molar-refractivity contribution is -0.120. The summed E-state index contributed by atoms with van der Waals surface area (Å²) in [4.78, 5) is 25.2. The van der Waals surface area contributed by atoms with E-state index in [0.29, 0.717) is 22.0 Å². The Morgan fingerprint density at radius 1 is 0.933 bits per heavy atom. The number of methoxy groups -OCH3 is 1. The highest BCUT2D eigenvalue weighted by Crippen LogP contribution is 2.24. The van der Waals surface area contributed by atoms with E-state index in [9.17, 15) is 9.59 Å². The molecule has 3 rings (SSSR count). The number of amides is 2. The third-order valence-electron chi connectivity index (χ3n) is 4.31. The number of halogens is 1. The molecule has 0 heterocycles. The van der Waals surface area contributed by atoms with Crippen molar-refractivity contribution in [2.24, 2.45) is 0 Å². The van der Waals surface area contributed by atoms with E-state index in [1.54, 1.807) is 37.5 Å². The maximum atomic E-state index is 12.9. The van der Waals surface area contributed by atoms with Crippen LogP contribution in [0.2, 0.25) is 5.02 Å². The van der Waals surface area contributed by atoms with Gasteiger partial charge < -0.3 is 15.4 Å². The average molecular weight is 421 g/mol. The number of anilines is 1. The minimum atomic E-state index is -0.363. The van der Waals surface area contributed by atoms with Crippen molar-refractivity contribution in [3.8, 4) is 5.75 Å². The normalized spacial score (nSPS) is 10.9. The Morgan fingerprint density at radius 3 is 2.30 bits per heavy atom. The average Bonchev–Trinajstić information content (AvgIpc) is 2.78. The zero-order valence-electron chi connectivity index (χ0n) is 16.4. The van der Waals surface area contributed by atoms with Crippen LogP contribution < -0.4 is 15.4 Å². The molecule has 0 aliphatic carbocycles. The summed E-state index contributed by atoms with van der Waals surface area (Å²) < 4.78 is 5.38. The van der Waals surface area contributed by atoms with Gasteiger partial charge in [0.1, 0.15) is 5.75 Å². The molecule has 0 radical (unpaired) electrons. The fourth-order valence-electron chi connectivity index (χ4n) is 2.83. The van der Waals surface area contributed by atoms with Crippen molar-refractivity contribution < 1.29 is 14.3 Å². The molecule has 5 nitrogen and oxygen atoms in total. The minimum Gasteiger partial charge on any atom is -0.496 e. The summed E-state index contributed by atoms with van der Waals surface area (Å²) in [6, 6.07) is 23.4. The lowest BCUT2D eigenvalue weighted by Crippen LogP contribution is -2.33. The largest absolute Gasteiger partial charge is 0.496 e. The molecule has 0 aromatic heterocycles. The monoisotopic (exact) mass is 420 g/mol. The maximum absolute atomic E-state index is 12.9. The van der Waals surface area contributed by atoms with Crippen molar-refractivity contribution in [1.82, 2.24) is 5.32 Å². The summed E-state index contributed by atoms with van der Waals surface area (Å²) in [6.07, 6.45) is 1.75. The van der Waals surface area contributed by atoms with E-state index in [-0.39, 0.29) is 18.4 Å². The number of para-hydroxylation sites is 1. The Bertz CT molecular complexity index is 1050. The molecule has 0 aliphatic rings. The van der Waals surface area contributed by atoms with Gasteiger partial charge in [-0.1, -0.05) is 60.1 Å². The molecule has 0 aliphatic heterocycles. The lowest BCUT2D eigenvalue weighted by atomic mass is 10.0. The van der Waals surface area contributed by atoms with E-state index in [2.05, 4.69) is 10.6 Å². The quantitative estimate of drug-likeness (QED) is 0.432. The summed E-state index contributed by atoms with van der Waals surface area (Å²) >= 11 is 5.85. The standard InChI is InChI=1S/C24H21ClN2O3/c1-30-22-10-6-5-9-18(22)15-21(17-7-3-2-4-8-17)24(29)26-16-23(28)27-20-13-11-19(25)12-14-20/h2-15H,16H2,1H3,(H,26,29)(H,27,28). The summed E-state index contributed by atoms with van der Waals surface area (Å²) in [5.41, 5.74) is 2.53. The van der Waals surface area contributed by atoms with Gasteiger partial charge in [-0.25, -0.2) is 0 Å². The third kappa shape index (κ3) is 5.72. The predicted octanol–water partition coefficient (Wildman–Crippen LogP) is 4.64. The van der Waals surface area contributed by atoms with Crippen LogP contribution >= 0.6 is 11.6 Å². The first-order chi connectivity index (χ1) is 14.6. The molecule has 0 saturated carbocycles. The SMILES string of the molecule is COc1ccccc1C=C(C(=O)NCC(=O)Nc1ccc(Cl)cc1)c1ccccc1. The molecule has 3 aromatic rings. The van der Waals surface area contributed by atoms with Gasteiger partial charge in [-0.2, -0.15) is 0 Å². The first kappa shape index (κ1) is 21.1. The molecule has 2 amide bonds. The van der Waals surface area contributed by atoms with Crippen LogP contribution in [0, 0.1) is 0 Å². The van der Waals surface area contributed by atoms with Crippen molar-refractivity contribution in [3.05, 3.63) is 95.0 Å². The number of ether oxygens (including phenoxy) is 1. The van der Waals surface area contributed by atoms with Gasteiger partial charge in [0, 0.05) is 21.8 Å². The molecule has 0 bridgehead atoms. The van der Waals surface area contributed by atoms with Gasteiger partial charge in [0.15, 0.2) is 0 Å². The molecule has 0 atom stereocenters. The minimum absolute atomic E-state index is 0.169. The molecule has 0 saturated heterocycles. The van der Waals surface area contributed by atoms with Crippen LogP contribution in [-0.4, -0.2) is 25.5 Å². The molecule has 3 aromatic carbocycles. The van der Waals surface area contributed by atoms with Crippen molar-refractivity contribution in [1.29, 1.82) is 0 Å². The number of rotatable bonds is 7. The van der Waals surface area contributed by atoms with Crippen LogP contribution in [0.3, 0.4) is 0 Å². The van der Waals surface area contributed by atoms with Crippen molar-refractivity contribution in [3.63, 3.8) is 0 Å². The van der Waals surface area contributed by atoms with Crippen molar-refractivity contribution in [2.75, 3.05) is 19.0 Å². The molecule has 6 heteroatoms. The van der Waals surface area contributed by atoms with E-state index in [0.717, 1.165) is 11.1 Å². The van der Waals surface area contributed by atoms with Crippen molar-refractivity contribution in [2.45, 2.75) is 0 Å². The molecular formula is C24H21ClN2O3. The van der Waals surface area contributed by atoms with Crippen LogP contribution in [0.25, 0.3) is 11.6 Å². The van der Waals surface area contributed by atoms with Crippen LogP contribution in [0.4, 0.5) is 5.69 Å². The third-order valence-corrected chi connectivity index (χ3v) is 4.56. The Morgan fingerprint density at radius 2 is 1.60 bits per heavy atom. The first-order valence-corrected chi connectivity index (χ1v) is 9.68. The fourth-order valence-corrected chi connectivity index (χ4v) is 2.96. The molecule has 0 fully saturated rings. The number of carbonyl (C=O) groups excluding carboxylic acids is 2. The van der Waals surface area contributed by atoms with Gasteiger partial charge in [-0.15, -0.1) is 0 Å². The molecular weight excluding hydrogens is 400 g/mol. The van der Waals surface area contributed by atoms with Crippen LogP contribution in [0.15, 0.2) is 78.9 Å². The van der Waals surface area contributed by atoms with Crippen molar-refractivity contribution >= 4 is 40.8 Å².